The number of alkyl halides is 3. The lowest BCUT2D eigenvalue weighted by molar-refractivity contribution is -0.127. The second kappa shape index (κ2) is 3.95. The molecule has 3 nitrogen and oxygen atoms in total. The van der Waals surface area contributed by atoms with Crippen molar-refractivity contribution in [2.24, 2.45) is 0 Å². The molecule has 0 aliphatic rings. The van der Waals surface area contributed by atoms with E-state index in [0.29, 0.717) is 0 Å². The molecular weight excluding hydrogens is 212 g/mol. The van der Waals surface area contributed by atoms with Crippen LogP contribution in [0.1, 0.15) is 0 Å². The SMILES string of the molecule is C=CC(=O)NC(=O)C(Cl)(Cl)Cl. The molecular formula is C5H4Cl3NO2. The Morgan fingerprint density at radius 2 is 1.82 bits per heavy atom. The van der Waals surface area contributed by atoms with Gasteiger partial charge < -0.3 is 0 Å². The highest BCUT2D eigenvalue weighted by Crippen LogP contribution is 2.25. The molecule has 0 saturated heterocycles. The number of hydrogen-bond acceptors (Lipinski definition) is 2. The fourth-order valence-corrected chi connectivity index (χ4v) is 0.376. The highest BCUT2D eigenvalue weighted by Gasteiger charge is 2.31. The average Bonchev–Trinajstić information content (AvgIpc) is 1.85. The lowest BCUT2D eigenvalue weighted by Gasteiger charge is -2.07. The first kappa shape index (κ1) is 10.8. The molecule has 0 fully saturated rings. The number of amides is 2. The van der Waals surface area contributed by atoms with Crippen molar-refractivity contribution in [3.63, 3.8) is 0 Å². The van der Waals surface area contributed by atoms with Crippen molar-refractivity contribution in [3.8, 4) is 0 Å². The molecule has 0 aliphatic carbocycles. The van der Waals surface area contributed by atoms with Crippen molar-refractivity contribution in [1.29, 1.82) is 0 Å². The van der Waals surface area contributed by atoms with E-state index in [2.05, 4.69) is 6.58 Å². The maximum Gasteiger partial charge on any atom is 0.278 e. The molecule has 0 heterocycles. The third kappa shape index (κ3) is 4.24. The largest absolute Gasteiger partial charge is 0.289 e. The van der Waals surface area contributed by atoms with E-state index in [4.69, 9.17) is 34.8 Å². The van der Waals surface area contributed by atoms with E-state index in [1.807, 2.05) is 0 Å². The van der Waals surface area contributed by atoms with Gasteiger partial charge in [0.05, 0.1) is 0 Å². The summed E-state index contributed by atoms with van der Waals surface area (Å²) in [7, 11) is 0. The van der Waals surface area contributed by atoms with Gasteiger partial charge in [-0.3, -0.25) is 14.9 Å². The molecule has 0 saturated carbocycles. The summed E-state index contributed by atoms with van der Waals surface area (Å²) in [5, 5.41) is 1.78. The molecule has 2 amide bonds. The van der Waals surface area contributed by atoms with E-state index < -0.39 is 15.6 Å². The molecule has 11 heavy (non-hydrogen) atoms. The third-order valence-electron chi connectivity index (χ3n) is 0.680. The first-order valence-corrected chi connectivity index (χ1v) is 3.56. The molecule has 1 N–H and O–H groups in total. The molecule has 0 bridgehead atoms. The van der Waals surface area contributed by atoms with Crippen LogP contribution in [0.15, 0.2) is 12.7 Å². The summed E-state index contributed by atoms with van der Waals surface area (Å²) in [6.45, 7) is 3.10. The number of imide groups is 1. The van der Waals surface area contributed by atoms with Crippen LogP contribution < -0.4 is 5.32 Å². The average molecular weight is 216 g/mol. The highest BCUT2D eigenvalue weighted by molar-refractivity contribution is 6.76. The van der Waals surface area contributed by atoms with Gasteiger partial charge >= 0.3 is 0 Å². The van der Waals surface area contributed by atoms with Gasteiger partial charge in [-0.25, -0.2) is 0 Å². The predicted molar refractivity (Wildman–Crippen MR) is 43.6 cm³/mol. The van der Waals surface area contributed by atoms with Crippen molar-refractivity contribution in [2.75, 3.05) is 0 Å². The van der Waals surface area contributed by atoms with Gasteiger partial charge in [0.1, 0.15) is 0 Å². The van der Waals surface area contributed by atoms with Crippen molar-refractivity contribution in [1.82, 2.24) is 5.32 Å². The molecule has 6 heteroatoms. The van der Waals surface area contributed by atoms with Gasteiger partial charge in [-0.15, -0.1) is 0 Å². The lowest BCUT2D eigenvalue weighted by Crippen LogP contribution is -2.37. The van der Waals surface area contributed by atoms with Gasteiger partial charge in [-0.2, -0.15) is 0 Å². The number of carbonyl (C=O) groups excluding carboxylic acids is 2. The summed E-state index contributed by atoms with van der Waals surface area (Å²) in [5.74, 6) is -1.70. The summed E-state index contributed by atoms with van der Waals surface area (Å²) >= 11 is 15.4. The van der Waals surface area contributed by atoms with Crippen molar-refractivity contribution >= 4 is 46.6 Å². The summed E-state index contributed by atoms with van der Waals surface area (Å²) in [6, 6.07) is 0. The van der Waals surface area contributed by atoms with Crippen molar-refractivity contribution in [3.05, 3.63) is 12.7 Å². The van der Waals surface area contributed by atoms with Crippen LogP contribution in [0, 0.1) is 0 Å². The molecule has 0 aromatic heterocycles. The normalized spacial score (nSPS) is 10.5. The molecule has 0 rings (SSSR count). The van der Waals surface area contributed by atoms with E-state index in [1.54, 1.807) is 5.32 Å². The Hall–Kier alpha value is -0.250. The van der Waals surface area contributed by atoms with Crippen molar-refractivity contribution in [2.45, 2.75) is 3.79 Å². The van der Waals surface area contributed by atoms with Gasteiger partial charge in [0.2, 0.25) is 5.91 Å². The van der Waals surface area contributed by atoms with Crippen LogP contribution in [0.5, 0.6) is 0 Å². The van der Waals surface area contributed by atoms with Crippen LogP contribution in [-0.2, 0) is 9.59 Å². The van der Waals surface area contributed by atoms with Gasteiger partial charge in [0.25, 0.3) is 9.70 Å². The smallest absolute Gasteiger partial charge is 0.278 e. The molecule has 0 atom stereocenters. The first-order valence-electron chi connectivity index (χ1n) is 2.42. The maximum atomic E-state index is 10.7. The van der Waals surface area contributed by atoms with Gasteiger partial charge in [-0.05, 0) is 6.08 Å². The predicted octanol–water partition coefficient (Wildman–Crippen LogP) is 1.19. The molecule has 62 valence electrons. The number of hydrogen-bond donors (Lipinski definition) is 1. The standard InChI is InChI=1S/C5H4Cl3NO2/c1-2-3(10)9-4(11)5(6,7)8/h2H,1H2,(H,9,10,11). The minimum Gasteiger partial charge on any atom is -0.289 e. The quantitative estimate of drug-likeness (QED) is 0.528. The monoisotopic (exact) mass is 215 g/mol. The fraction of sp³-hybridized carbons (Fsp3) is 0.200. The van der Waals surface area contributed by atoms with Gasteiger partial charge in [-0.1, -0.05) is 41.4 Å². The number of rotatable bonds is 1. The summed E-state index contributed by atoms with van der Waals surface area (Å²) in [5.41, 5.74) is 0. The van der Waals surface area contributed by atoms with Crippen LogP contribution in [0.4, 0.5) is 0 Å². The lowest BCUT2D eigenvalue weighted by atomic mass is 10.5. The summed E-state index contributed by atoms with van der Waals surface area (Å²) in [6.07, 6.45) is 0.897. The fourth-order valence-electron chi connectivity index (χ4n) is 0.234. The second-order valence-corrected chi connectivity index (χ2v) is 3.80. The Kier molecular flexibility index (Phi) is 3.86. The Morgan fingerprint density at radius 3 is 2.09 bits per heavy atom. The van der Waals surface area contributed by atoms with Gasteiger partial charge in [0, 0.05) is 0 Å². The van der Waals surface area contributed by atoms with Crippen LogP contribution in [-0.4, -0.2) is 15.6 Å². The zero-order chi connectivity index (χ0) is 9.07. The van der Waals surface area contributed by atoms with Crippen molar-refractivity contribution < 1.29 is 9.59 Å². The number of nitrogens with one attached hydrogen (secondary N) is 1. The zero-order valence-corrected chi connectivity index (χ0v) is 7.50. The second-order valence-electron chi connectivity index (χ2n) is 1.52. The van der Waals surface area contributed by atoms with E-state index in [0.717, 1.165) is 6.08 Å². The van der Waals surface area contributed by atoms with E-state index in [9.17, 15) is 9.59 Å². The number of halogens is 3. The molecule has 0 radical (unpaired) electrons. The van der Waals surface area contributed by atoms with Crippen LogP contribution in [0.25, 0.3) is 0 Å². The Bertz CT molecular complexity index is 196. The topological polar surface area (TPSA) is 46.2 Å². The summed E-state index contributed by atoms with van der Waals surface area (Å²) < 4.78 is -2.11. The Balaban J connectivity index is 4.09. The Labute approximate surface area is 78.3 Å². The first-order chi connectivity index (χ1) is 4.88. The maximum absolute atomic E-state index is 10.7. The van der Waals surface area contributed by atoms with E-state index >= 15 is 0 Å². The van der Waals surface area contributed by atoms with Crippen LogP contribution in [0.2, 0.25) is 0 Å². The van der Waals surface area contributed by atoms with Crippen LogP contribution >= 0.6 is 34.8 Å². The molecule has 0 aromatic carbocycles. The van der Waals surface area contributed by atoms with Gasteiger partial charge in [0.15, 0.2) is 0 Å². The summed E-state index contributed by atoms with van der Waals surface area (Å²) in [4.78, 5) is 21.1. The molecule has 0 aliphatic heterocycles. The molecule has 0 unspecified atom stereocenters. The van der Waals surface area contributed by atoms with Crippen LogP contribution in [0.3, 0.4) is 0 Å². The minimum atomic E-state index is -2.11. The molecule has 0 spiro atoms. The third-order valence-corrected chi connectivity index (χ3v) is 1.19. The Morgan fingerprint density at radius 1 is 1.36 bits per heavy atom. The zero-order valence-electron chi connectivity index (χ0n) is 5.23. The molecule has 0 aromatic rings. The van der Waals surface area contributed by atoms with E-state index in [1.165, 1.54) is 0 Å². The van der Waals surface area contributed by atoms with E-state index in [-0.39, 0.29) is 0 Å². The highest BCUT2D eigenvalue weighted by atomic mass is 35.6. The minimum absolute atomic E-state index is 0.707. The number of carbonyl (C=O) groups is 2.